The van der Waals surface area contributed by atoms with Crippen LogP contribution in [0.15, 0.2) is 12.2 Å². The van der Waals surface area contributed by atoms with Gasteiger partial charge in [0.25, 0.3) is 0 Å². The third-order valence-corrected chi connectivity index (χ3v) is 2.06. The first kappa shape index (κ1) is 8.51. The molecule has 1 rings (SSSR count). The summed E-state index contributed by atoms with van der Waals surface area (Å²) in [6, 6.07) is 0. The van der Waals surface area contributed by atoms with Gasteiger partial charge in [-0.3, -0.25) is 4.79 Å². The molecule has 0 aromatic heterocycles. The lowest BCUT2D eigenvalue weighted by atomic mass is 10.1. The van der Waals surface area contributed by atoms with E-state index in [9.17, 15) is 4.79 Å². The molecule has 0 heterocycles. The number of ketones is 1. The summed E-state index contributed by atoms with van der Waals surface area (Å²) in [4.78, 5) is 11.2. The van der Waals surface area contributed by atoms with Crippen molar-refractivity contribution in [3.05, 3.63) is 12.2 Å². The second kappa shape index (κ2) is 3.70. The molecule has 1 saturated carbocycles. The number of allylic oxidation sites excluding steroid dienone is 1. The molecule has 1 heteroatoms. The second-order valence-electron chi connectivity index (χ2n) is 3.55. The highest BCUT2D eigenvalue weighted by molar-refractivity contribution is 5.83. The molecule has 0 amide bonds. The first-order valence-corrected chi connectivity index (χ1v) is 4.37. The summed E-state index contributed by atoms with van der Waals surface area (Å²) in [7, 11) is 0. The van der Waals surface area contributed by atoms with Gasteiger partial charge in [-0.2, -0.15) is 0 Å². The van der Waals surface area contributed by atoms with Crippen molar-refractivity contribution in [2.24, 2.45) is 5.92 Å². The van der Waals surface area contributed by atoms with E-state index in [0.29, 0.717) is 11.7 Å². The van der Waals surface area contributed by atoms with E-state index in [4.69, 9.17) is 0 Å². The van der Waals surface area contributed by atoms with Gasteiger partial charge in [-0.05, 0) is 32.6 Å². The Morgan fingerprint density at radius 2 is 2.09 bits per heavy atom. The summed E-state index contributed by atoms with van der Waals surface area (Å²) in [6.07, 6.45) is 5.08. The zero-order valence-electron chi connectivity index (χ0n) is 7.23. The van der Waals surface area contributed by atoms with Crippen LogP contribution in [0.1, 0.15) is 39.0 Å². The van der Waals surface area contributed by atoms with Gasteiger partial charge in [-0.25, -0.2) is 0 Å². The minimum absolute atomic E-state index is 0.445. The number of carbonyl (C=O) groups excluding carboxylic acids is 1. The number of hydrogen-bond acceptors (Lipinski definition) is 1. The van der Waals surface area contributed by atoms with E-state index in [-0.39, 0.29) is 0 Å². The van der Waals surface area contributed by atoms with Crippen molar-refractivity contribution >= 4 is 5.78 Å². The quantitative estimate of drug-likeness (QED) is 0.553. The van der Waals surface area contributed by atoms with Gasteiger partial charge in [0.2, 0.25) is 0 Å². The van der Waals surface area contributed by atoms with Crippen LogP contribution >= 0.6 is 0 Å². The fraction of sp³-hybridized carbons (Fsp3) is 0.700. The summed E-state index contributed by atoms with van der Waals surface area (Å²) in [5.74, 6) is 0.923. The lowest BCUT2D eigenvalue weighted by molar-refractivity contribution is -0.120. The molecule has 0 radical (unpaired) electrons. The minimum atomic E-state index is 0.445. The van der Waals surface area contributed by atoms with Gasteiger partial charge in [-0.15, -0.1) is 6.58 Å². The van der Waals surface area contributed by atoms with Gasteiger partial charge in [0.15, 0.2) is 0 Å². The third kappa shape index (κ3) is 3.35. The van der Waals surface area contributed by atoms with Crippen molar-refractivity contribution < 1.29 is 4.79 Å². The number of Topliss-reactive ketones (excluding diaryl/α,β-unsaturated/α-hetero) is 1. The fourth-order valence-electron chi connectivity index (χ4n) is 1.17. The van der Waals surface area contributed by atoms with E-state index < -0.39 is 0 Å². The van der Waals surface area contributed by atoms with Gasteiger partial charge in [-0.1, -0.05) is 5.57 Å². The molecule has 0 aromatic rings. The normalized spacial score (nSPS) is 16.5. The molecule has 0 N–H and O–H groups in total. The fourth-order valence-corrected chi connectivity index (χ4v) is 1.17. The number of rotatable bonds is 5. The topological polar surface area (TPSA) is 17.1 Å². The Hall–Kier alpha value is -0.590. The third-order valence-electron chi connectivity index (χ3n) is 2.06. The monoisotopic (exact) mass is 152 g/mol. The predicted octanol–water partition coefficient (Wildman–Crippen LogP) is 2.71. The summed E-state index contributed by atoms with van der Waals surface area (Å²) >= 11 is 0. The zero-order chi connectivity index (χ0) is 8.27. The Morgan fingerprint density at radius 3 is 2.55 bits per heavy atom. The van der Waals surface area contributed by atoms with Gasteiger partial charge in [0, 0.05) is 12.3 Å². The van der Waals surface area contributed by atoms with Crippen LogP contribution in [0.4, 0.5) is 0 Å². The zero-order valence-corrected chi connectivity index (χ0v) is 7.23. The van der Waals surface area contributed by atoms with E-state index >= 15 is 0 Å². The van der Waals surface area contributed by atoms with Gasteiger partial charge < -0.3 is 0 Å². The van der Waals surface area contributed by atoms with Crippen molar-refractivity contribution in [1.29, 1.82) is 0 Å². The molecule has 0 saturated heterocycles. The van der Waals surface area contributed by atoms with Crippen LogP contribution in [-0.2, 0) is 4.79 Å². The summed E-state index contributed by atoms with van der Waals surface area (Å²) in [6.45, 7) is 5.82. The SMILES string of the molecule is C=C(C)CCCC(=O)C1CC1. The molecule has 0 aliphatic heterocycles. The van der Waals surface area contributed by atoms with Gasteiger partial charge in [0.1, 0.15) is 5.78 Å². The Balaban J connectivity index is 2.02. The van der Waals surface area contributed by atoms with Crippen LogP contribution in [0.2, 0.25) is 0 Å². The lowest BCUT2D eigenvalue weighted by Crippen LogP contribution is -1.99. The maximum Gasteiger partial charge on any atom is 0.135 e. The molecule has 0 spiro atoms. The van der Waals surface area contributed by atoms with E-state index in [1.807, 2.05) is 6.92 Å². The molecule has 1 fully saturated rings. The molecular weight excluding hydrogens is 136 g/mol. The Labute approximate surface area is 68.5 Å². The average Bonchev–Trinajstić information content (AvgIpc) is 2.66. The molecule has 0 atom stereocenters. The van der Waals surface area contributed by atoms with Crippen molar-refractivity contribution in [3.63, 3.8) is 0 Å². The molecule has 11 heavy (non-hydrogen) atoms. The van der Waals surface area contributed by atoms with Crippen molar-refractivity contribution in [2.45, 2.75) is 39.0 Å². The standard InChI is InChI=1S/C10H16O/c1-8(2)4-3-5-10(11)9-6-7-9/h9H,1,3-7H2,2H3. The maximum atomic E-state index is 11.2. The summed E-state index contributed by atoms with van der Waals surface area (Å²) < 4.78 is 0. The smallest absolute Gasteiger partial charge is 0.135 e. The van der Waals surface area contributed by atoms with E-state index in [0.717, 1.165) is 32.1 Å². The highest BCUT2D eigenvalue weighted by Crippen LogP contribution is 2.31. The second-order valence-corrected chi connectivity index (χ2v) is 3.55. The van der Waals surface area contributed by atoms with Gasteiger partial charge >= 0.3 is 0 Å². The molecule has 0 aromatic carbocycles. The first-order valence-electron chi connectivity index (χ1n) is 4.37. The lowest BCUT2D eigenvalue weighted by Gasteiger charge is -1.97. The van der Waals surface area contributed by atoms with Crippen LogP contribution in [0.5, 0.6) is 0 Å². The maximum absolute atomic E-state index is 11.2. The Morgan fingerprint density at radius 1 is 1.45 bits per heavy atom. The first-order chi connectivity index (χ1) is 5.20. The van der Waals surface area contributed by atoms with Crippen LogP contribution in [-0.4, -0.2) is 5.78 Å². The summed E-state index contributed by atoms with van der Waals surface area (Å²) in [5.41, 5.74) is 1.19. The van der Waals surface area contributed by atoms with Crippen LogP contribution in [0, 0.1) is 5.92 Å². The molecule has 0 bridgehead atoms. The van der Waals surface area contributed by atoms with Crippen LogP contribution < -0.4 is 0 Å². The van der Waals surface area contributed by atoms with Crippen molar-refractivity contribution in [3.8, 4) is 0 Å². The minimum Gasteiger partial charge on any atom is -0.299 e. The van der Waals surface area contributed by atoms with E-state index in [1.165, 1.54) is 5.57 Å². The number of hydrogen-bond donors (Lipinski definition) is 0. The Bertz CT molecular complexity index is 166. The van der Waals surface area contributed by atoms with Crippen molar-refractivity contribution in [1.82, 2.24) is 0 Å². The van der Waals surface area contributed by atoms with Crippen molar-refractivity contribution in [2.75, 3.05) is 0 Å². The molecule has 1 nitrogen and oxygen atoms in total. The molecule has 1 aliphatic carbocycles. The van der Waals surface area contributed by atoms with E-state index in [2.05, 4.69) is 6.58 Å². The van der Waals surface area contributed by atoms with Gasteiger partial charge in [0.05, 0.1) is 0 Å². The molecular formula is C10H16O. The average molecular weight is 152 g/mol. The predicted molar refractivity (Wildman–Crippen MR) is 46.4 cm³/mol. The van der Waals surface area contributed by atoms with Crippen LogP contribution in [0.3, 0.4) is 0 Å². The summed E-state index contributed by atoms with van der Waals surface area (Å²) in [5, 5.41) is 0. The van der Waals surface area contributed by atoms with Crippen LogP contribution in [0.25, 0.3) is 0 Å². The molecule has 1 aliphatic rings. The largest absolute Gasteiger partial charge is 0.299 e. The highest BCUT2D eigenvalue weighted by atomic mass is 16.1. The highest BCUT2D eigenvalue weighted by Gasteiger charge is 2.28. The van der Waals surface area contributed by atoms with E-state index in [1.54, 1.807) is 0 Å². The molecule has 0 unspecified atom stereocenters. The molecule has 62 valence electrons. The Kier molecular flexibility index (Phi) is 2.86. The number of carbonyl (C=O) groups is 1.